The number of rotatable bonds is 4. The van der Waals surface area contributed by atoms with Crippen molar-refractivity contribution >= 4 is 0 Å². The number of pyridine rings is 2. The number of hydrogen-bond donors (Lipinski definition) is 0. The van der Waals surface area contributed by atoms with Gasteiger partial charge in [-0.25, -0.2) is 9.13 Å². The normalized spacial score (nSPS) is 9.75. The summed E-state index contributed by atoms with van der Waals surface area (Å²) in [5, 5.41) is 0. The zero-order valence-corrected chi connectivity index (χ0v) is 17.2. The van der Waals surface area contributed by atoms with E-state index in [2.05, 4.69) is 96.3 Å². The zero-order chi connectivity index (χ0) is 15.4. The highest BCUT2D eigenvalue weighted by Crippen LogP contribution is 2.04. The minimum absolute atomic E-state index is 0. The summed E-state index contributed by atoms with van der Waals surface area (Å²) in [6.07, 6.45) is 8.52. The fourth-order valence-corrected chi connectivity index (χ4v) is 2.45. The van der Waals surface area contributed by atoms with Gasteiger partial charge in [0.25, 0.3) is 0 Å². The second-order valence-electron chi connectivity index (χ2n) is 5.91. The van der Waals surface area contributed by atoms with Crippen LogP contribution in [0.5, 0.6) is 0 Å². The Balaban J connectivity index is 0.00000144. The van der Waals surface area contributed by atoms with Gasteiger partial charge in [0.15, 0.2) is 37.9 Å². The lowest BCUT2D eigenvalue weighted by Crippen LogP contribution is -3.00. The average Bonchev–Trinajstić information content (AvgIpc) is 2.54. The SMILES string of the molecule is Cc1cc[n+](Cc2ccc(C[n+]3ccc(C)cc3)cc2)cc1.[Br-].[Br-]. The Morgan fingerprint density at radius 3 is 1.12 bits per heavy atom. The highest BCUT2D eigenvalue weighted by Gasteiger charge is 2.05. The standard InChI is InChI=1S/C20H22N2.2BrH/c1-17-7-11-21(12-8-17)15-19-3-5-20(6-4-19)16-22-13-9-18(2)10-14-22;;/h3-14H,15-16H2,1-2H3;2*1H/q+2;;/p-2. The number of aromatic nitrogens is 2. The monoisotopic (exact) mass is 448 g/mol. The molecule has 126 valence electrons. The molecule has 0 aliphatic rings. The summed E-state index contributed by atoms with van der Waals surface area (Å²) in [5.41, 5.74) is 5.24. The molecule has 2 aromatic heterocycles. The van der Waals surface area contributed by atoms with E-state index in [0.717, 1.165) is 13.1 Å². The van der Waals surface area contributed by atoms with Gasteiger partial charge in [-0.3, -0.25) is 0 Å². The average molecular weight is 450 g/mol. The van der Waals surface area contributed by atoms with Crippen LogP contribution in [-0.2, 0) is 13.1 Å². The van der Waals surface area contributed by atoms with Gasteiger partial charge in [-0.05, 0) is 25.0 Å². The predicted molar refractivity (Wildman–Crippen MR) is 87.4 cm³/mol. The Morgan fingerprint density at radius 2 is 0.833 bits per heavy atom. The van der Waals surface area contributed by atoms with Crippen LogP contribution in [0.1, 0.15) is 22.3 Å². The minimum Gasteiger partial charge on any atom is -1.00 e. The van der Waals surface area contributed by atoms with Crippen molar-refractivity contribution in [1.82, 2.24) is 0 Å². The van der Waals surface area contributed by atoms with Crippen molar-refractivity contribution in [2.24, 2.45) is 0 Å². The molecule has 3 aromatic rings. The molecule has 0 unspecified atom stereocenters. The maximum Gasteiger partial charge on any atom is 0.173 e. The molecule has 0 amide bonds. The lowest BCUT2D eigenvalue weighted by atomic mass is 10.1. The molecule has 0 atom stereocenters. The number of aryl methyl sites for hydroxylation is 2. The summed E-state index contributed by atoms with van der Waals surface area (Å²) in [7, 11) is 0. The third-order valence-corrected chi connectivity index (χ3v) is 3.87. The lowest BCUT2D eigenvalue weighted by Gasteiger charge is -2.01. The Labute approximate surface area is 165 Å². The molecule has 1 aromatic carbocycles. The molecule has 0 spiro atoms. The van der Waals surface area contributed by atoms with E-state index in [9.17, 15) is 0 Å². The molecule has 3 rings (SSSR count). The molecular weight excluding hydrogens is 428 g/mol. The van der Waals surface area contributed by atoms with Crippen LogP contribution in [-0.4, -0.2) is 0 Å². The van der Waals surface area contributed by atoms with Crippen molar-refractivity contribution in [3.05, 3.63) is 95.6 Å². The Bertz CT molecular complexity index is 670. The summed E-state index contributed by atoms with van der Waals surface area (Å²) in [5.74, 6) is 0. The predicted octanol–water partition coefficient (Wildman–Crippen LogP) is -3.02. The molecule has 4 heteroatoms. The van der Waals surface area contributed by atoms with Crippen LogP contribution < -0.4 is 43.1 Å². The van der Waals surface area contributed by atoms with Crippen LogP contribution >= 0.6 is 0 Å². The molecule has 0 saturated heterocycles. The van der Waals surface area contributed by atoms with Gasteiger partial charge >= 0.3 is 0 Å². The second-order valence-corrected chi connectivity index (χ2v) is 5.91. The summed E-state index contributed by atoms with van der Waals surface area (Å²) < 4.78 is 4.41. The molecule has 24 heavy (non-hydrogen) atoms. The maximum absolute atomic E-state index is 2.22. The molecule has 0 N–H and O–H groups in total. The van der Waals surface area contributed by atoms with E-state index in [1.54, 1.807) is 0 Å². The third-order valence-electron chi connectivity index (χ3n) is 3.87. The first-order valence-electron chi connectivity index (χ1n) is 7.68. The first kappa shape index (κ1) is 20.5. The van der Waals surface area contributed by atoms with Crippen LogP contribution in [0.15, 0.2) is 73.3 Å². The Morgan fingerprint density at radius 1 is 0.542 bits per heavy atom. The Hall–Kier alpha value is -1.52. The number of hydrogen-bond acceptors (Lipinski definition) is 0. The van der Waals surface area contributed by atoms with E-state index in [1.165, 1.54) is 22.3 Å². The molecule has 0 radical (unpaired) electrons. The number of nitrogens with zero attached hydrogens (tertiary/aromatic N) is 2. The van der Waals surface area contributed by atoms with E-state index < -0.39 is 0 Å². The van der Waals surface area contributed by atoms with Crippen LogP contribution in [0.2, 0.25) is 0 Å². The van der Waals surface area contributed by atoms with Gasteiger partial charge in [-0.15, -0.1) is 0 Å². The number of benzene rings is 1. The maximum atomic E-state index is 2.22. The quantitative estimate of drug-likeness (QED) is 0.375. The van der Waals surface area contributed by atoms with Gasteiger partial charge in [0.05, 0.1) is 0 Å². The lowest BCUT2D eigenvalue weighted by molar-refractivity contribution is -0.689. The smallest absolute Gasteiger partial charge is 0.173 e. The largest absolute Gasteiger partial charge is 1.00 e. The highest BCUT2D eigenvalue weighted by molar-refractivity contribution is 5.21. The van der Waals surface area contributed by atoms with E-state index in [4.69, 9.17) is 0 Å². The van der Waals surface area contributed by atoms with Gasteiger partial charge < -0.3 is 34.0 Å². The highest BCUT2D eigenvalue weighted by atomic mass is 79.9. The van der Waals surface area contributed by atoms with E-state index in [0.29, 0.717) is 0 Å². The van der Waals surface area contributed by atoms with Crippen molar-refractivity contribution in [1.29, 1.82) is 0 Å². The summed E-state index contributed by atoms with van der Waals surface area (Å²) >= 11 is 0. The minimum atomic E-state index is 0. The van der Waals surface area contributed by atoms with Crippen LogP contribution in [0.3, 0.4) is 0 Å². The van der Waals surface area contributed by atoms with Crippen LogP contribution in [0.25, 0.3) is 0 Å². The van der Waals surface area contributed by atoms with Crippen molar-refractivity contribution in [2.75, 3.05) is 0 Å². The molecule has 0 aliphatic carbocycles. The summed E-state index contributed by atoms with van der Waals surface area (Å²) in [4.78, 5) is 0. The topological polar surface area (TPSA) is 7.76 Å². The first-order chi connectivity index (χ1) is 10.7. The van der Waals surface area contributed by atoms with Crippen molar-refractivity contribution < 1.29 is 43.1 Å². The van der Waals surface area contributed by atoms with Crippen molar-refractivity contribution in [2.45, 2.75) is 26.9 Å². The van der Waals surface area contributed by atoms with Crippen LogP contribution in [0.4, 0.5) is 0 Å². The first-order valence-corrected chi connectivity index (χ1v) is 7.68. The van der Waals surface area contributed by atoms with Crippen LogP contribution in [0, 0.1) is 13.8 Å². The molecule has 0 aliphatic heterocycles. The second kappa shape index (κ2) is 9.70. The van der Waals surface area contributed by atoms with Crippen molar-refractivity contribution in [3.8, 4) is 0 Å². The molecule has 2 nitrogen and oxygen atoms in total. The van der Waals surface area contributed by atoms with Gasteiger partial charge in [0, 0.05) is 35.4 Å². The molecule has 0 saturated carbocycles. The third kappa shape index (κ3) is 5.84. The van der Waals surface area contributed by atoms with E-state index >= 15 is 0 Å². The van der Waals surface area contributed by atoms with E-state index in [-0.39, 0.29) is 34.0 Å². The van der Waals surface area contributed by atoms with Crippen molar-refractivity contribution in [3.63, 3.8) is 0 Å². The van der Waals surface area contributed by atoms with Gasteiger partial charge in [-0.1, -0.05) is 24.3 Å². The van der Waals surface area contributed by atoms with Gasteiger partial charge in [-0.2, -0.15) is 0 Å². The van der Waals surface area contributed by atoms with Gasteiger partial charge in [0.1, 0.15) is 0 Å². The summed E-state index contributed by atoms with van der Waals surface area (Å²) in [6, 6.07) is 17.4. The molecule has 0 fully saturated rings. The van der Waals surface area contributed by atoms with E-state index in [1.807, 2.05) is 0 Å². The fraction of sp³-hybridized carbons (Fsp3) is 0.200. The van der Waals surface area contributed by atoms with Gasteiger partial charge in [0.2, 0.25) is 0 Å². The number of halogens is 2. The Kier molecular flexibility index (Phi) is 8.29. The molecule has 2 heterocycles. The molecule has 0 bridgehead atoms. The molecular formula is C20H22Br2N2. The zero-order valence-electron chi connectivity index (χ0n) is 14.0. The fourth-order valence-electron chi connectivity index (χ4n) is 2.45. The summed E-state index contributed by atoms with van der Waals surface area (Å²) in [6.45, 7) is 6.06.